The van der Waals surface area contributed by atoms with E-state index < -0.39 is 0 Å². The molecule has 4 aromatic rings. The highest BCUT2D eigenvalue weighted by Crippen LogP contribution is 2.33. The van der Waals surface area contributed by atoms with Crippen molar-refractivity contribution in [1.82, 2.24) is 20.2 Å². The van der Waals surface area contributed by atoms with Crippen molar-refractivity contribution >= 4 is 10.9 Å². The van der Waals surface area contributed by atoms with E-state index in [0.717, 1.165) is 10.9 Å². The van der Waals surface area contributed by atoms with Gasteiger partial charge in [0.25, 0.3) is 5.89 Å². The first-order chi connectivity index (χ1) is 12.1. The van der Waals surface area contributed by atoms with Crippen molar-refractivity contribution in [1.29, 1.82) is 0 Å². The van der Waals surface area contributed by atoms with Gasteiger partial charge in [0.15, 0.2) is 11.4 Å². The van der Waals surface area contributed by atoms with Gasteiger partial charge in [-0.15, -0.1) is 10.2 Å². The summed E-state index contributed by atoms with van der Waals surface area (Å²) in [5.74, 6) is 0.0632. The number of aromatic nitrogens is 4. The molecule has 0 aliphatic rings. The van der Waals surface area contributed by atoms with E-state index in [1.165, 1.54) is 12.1 Å². The standard InChI is InChI=1S/C18H13FN4O2/c1-10-13-3-2-8-20-15(13)17(24)16(21-10)18-23-22-14(25-18)9-11-4-6-12(19)7-5-11/h2-8,24H,9H2,1H3. The normalized spacial score (nSPS) is 11.1. The molecule has 0 bridgehead atoms. The molecule has 0 saturated heterocycles. The number of aryl methyl sites for hydroxylation is 1. The van der Waals surface area contributed by atoms with Crippen LogP contribution in [0.25, 0.3) is 22.5 Å². The fourth-order valence-corrected chi connectivity index (χ4v) is 2.63. The van der Waals surface area contributed by atoms with Crippen LogP contribution in [0.4, 0.5) is 4.39 Å². The van der Waals surface area contributed by atoms with E-state index in [1.807, 2.05) is 13.0 Å². The largest absolute Gasteiger partial charge is 0.504 e. The zero-order chi connectivity index (χ0) is 17.4. The van der Waals surface area contributed by atoms with E-state index in [4.69, 9.17) is 4.42 Å². The third kappa shape index (κ3) is 2.80. The van der Waals surface area contributed by atoms with Crippen LogP contribution in [0.2, 0.25) is 0 Å². The minimum atomic E-state index is -0.303. The second-order valence-electron chi connectivity index (χ2n) is 5.60. The van der Waals surface area contributed by atoms with Crippen LogP contribution in [0.3, 0.4) is 0 Å². The van der Waals surface area contributed by atoms with Gasteiger partial charge in [0.1, 0.15) is 11.3 Å². The maximum atomic E-state index is 13.0. The van der Waals surface area contributed by atoms with Gasteiger partial charge in [0, 0.05) is 17.3 Å². The fraction of sp³-hybridized carbons (Fsp3) is 0.111. The van der Waals surface area contributed by atoms with Crippen LogP contribution >= 0.6 is 0 Å². The van der Waals surface area contributed by atoms with Crippen LogP contribution in [0.5, 0.6) is 5.75 Å². The molecular weight excluding hydrogens is 323 g/mol. The van der Waals surface area contributed by atoms with Crippen LogP contribution in [-0.4, -0.2) is 25.3 Å². The van der Waals surface area contributed by atoms with E-state index in [9.17, 15) is 9.50 Å². The molecule has 4 rings (SSSR count). The Bertz CT molecular complexity index is 1060. The molecule has 0 fully saturated rings. The van der Waals surface area contributed by atoms with Crippen LogP contribution in [-0.2, 0) is 6.42 Å². The average molecular weight is 336 g/mol. The molecule has 0 amide bonds. The SMILES string of the molecule is Cc1nc(-c2nnc(Cc3ccc(F)cc3)o2)c(O)c2ncccc12. The monoisotopic (exact) mass is 336 g/mol. The number of nitrogens with zero attached hydrogens (tertiary/aromatic N) is 4. The van der Waals surface area contributed by atoms with Gasteiger partial charge in [-0.1, -0.05) is 12.1 Å². The van der Waals surface area contributed by atoms with Crippen LogP contribution in [0.1, 0.15) is 17.1 Å². The minimum Gasteiger partial charge on any atom is -0.504 e. The Morgan fingerprint density at radius 1 is 1.12 bits per heavy atom. The topological polar surface area (TPSA) is 84.9 Å². The Balaban J connectivity index is 1.71. The van der Waals surface area contributed by atoms with Crippen molar-refractivity contribution in [3.8, 4) is 17.3 Å². The molecule has 0 radical (unpaired) electrons. The van der Waals surface area contributed by atoms with Crippen molar-refractivity contribution in [2.24, 2.45) is 0 Å². The number of rotatable bonds is 3. The lowest BCUT2D eigenvalue weighted by molar-refractivity contribution is 0.470. The zero-order valence-electron chi connectivity index (χ0n) is 13.3. The molecule has 3 aromatic heterocycles. The molecule has 0 unspecified atom stereocenters. The Morgan fingerprint density at radius 2 is 1.92 bits per heavy atom. The third-order valence-electron chi connectivity index (χ3n) is 3.86. The summed E-state index contributed by atoms with van der Waals surface area (Å²) >= 11 is 0. The number of pyridine rings is 2. The second kappa shape index (κ2) is 5.94. The summed E-state index contributed by atoms with van der Waals surface area (Å²) in [7, 11) is 0. The quantitative estimate of drug-likeness (QED) is 0.617. The van der Waals surface area contributed by atoms with Gasteiger partial charge < -0.3 is 9.52 Å². The van der Waals surface area contributed by atoms with Gasteiger partial charge in [0.2, 0.25) is 5.89 Å². The number of fused-ring (bicyclic) bond motifs is 1. The minimum absolute atomic E-state index is 0.0989. The fourth-order valence-electron chi connectivity index (χ4n) is 2.63. The van der Waals surface area contributed by atoms with Crippen molar-refractivity contribution in [3.05, 3.63) is 65.6 Å². The summed E-state index contributed by atoms with van der Waals surface area (Å²) in [6.45, 7) is 1.82. The predicted molar refractivity (Wildman–Crippen MR) is 88.4 cm³/mol. The molecule has 7 heteroatoms. The maximum Gasteiger partial charge on any atom is 0.270 e. The van der Waals surface area contributed by atoms with E-state index in [-0.39, 0.29) is 23.2 Å². The van der Waals surface area contributed by atoms with Crippen LogP contribution < -0.4 is 0 Å². The summed E-state index contributed by atoms with van der Waals surface area (Å²) in [6, 6.07) is 9.67. The molecule has 0 atom stereocenters. The Kier molecular flexibility index (Phi) is 3.61. The summed E-state index contributed by atoms with van der Waals surface area (Å²) in [4.78, 5) is 8.56. The molecular formula is C18H13FN4O2. The maximum absolute atomic E-state index is 13.0. The summed E-state index contributed by atoms with van der Waals surface area (Å²) in [5.41, 5.74) is 2.17. The number of benzene rings is 1. The van der Waals surface area contributed by atoms with E-state index >= 15 is 0 Å². The molecule has 124 valence electrons. The summed E-state index contributed by atoms with van der Waals surface area (Å²) in [6.07, 6.45) is 1.96. The lowest BCUT2D eigenvalue weighted by Crippen LogP contribution is -1.93. The lowest BCUT2D eigenvalue weighted by Gasteiger charge is -2.06. The molecule has 0 spiro atoms. The molecule has 3 heterocycles. The van der Waals surface area contributed by atoms with Gasteiger partial charge in [-0.05, 0) is 36.8 Å². The lowest BCUT2D eigenvalue weighted by atomic mass is 10.1. The van der Waals surface area contributed by atoms with Crippen LogP contribution in [0, 0.1) is 12.7 Å². The first-order valence-corrected chi connectivity index (χ1v) is 7.63. The summed E-state index contributed by atoms with van der Waals surface area (Å²) in [5, 5.41) is 19.2. The molecule has 1 N–H and O–H groups in total. The van der Waals surface area contributed by atoms with Gasteiger partial charge in [0.05, 0.1) is 6.42 Å². The van der Waals surface area contributed by atoms with E-state index in [1.54, 1.807) is 24.4 Å². The highest BCUT2D eigenvalue weighted by molar-refractivity contribution is 5.90. The second-order valence-corrected chi connectivity index (χ2v) is 5.60. The van der Waals surface area contributed by atoms with Crippen molar-refractivity contribution in [2.45, 2.75) is 13.3 Å². The first kappa shape index (κ1) is 15.2. The Labute approximate surface area is 142 Å². The van der Waals surface area contributed by atoms with Gasteiger partial charge >= 0.3 is 0 Å². The van der Waals surface area contributed by atoms with Crippen molar-refractivity contribution in [2.75, 3.05) is 0 Å². The van der Waals surface area contributed by atoms with E-state index in [0.29, 0.717) is 23.5 Å². The third-order valence-corrected chi connectivity index (χ3v) is 3.86. The molecule has 0 aliphatic carbocycles. The number of hydrogen-bond donors (Lipinski definition) is 1. The van der Waals surface area contributed by atoms with Crippen molar-refractivity contribution < 1.29 is 13.9 Å². The van der Waals surface area contributed by atoms with Crippen molar-refractivity contribution in [3.63, 3.8) is 0 Å². The van der Waals surface area contributed by atoms with Gasteiger partial charge in [-0.3, -0.25) is 4.98 Å². The highest BCUT2D eigenvalue weighted by Gasteiger charge is 2.19. The Hall–Kier alpha value is -3.35. The molecule has 1 aromatic carbocycles. The van der Waals surface area contributed by atoms with Gasteiger partial charge in [-0.2, -0.15) is 0 Å². The summed E-state index contributed by atoms with van der Waals surface area (Å²) < 4.78 is 18.6. The zero-order valence-corrected chi connectivity index (χ0v) is 13.3. The highest BCUT2D eigenvalue weighted by atomic mass is 19.1. The number of aromatic hydroxyl groups is 1. The first-order valence-electron chi connectivity index (χ1n) is 7.63. The average Bonchev–Trinajstić information content (AvgIpc) is 3.08. The van der Waals surface area contributed by atoms with Crippen LogP contribution in [0.15, 0.2) is 47.0 Å². The van der Waals surface area contributed by atoms with Gasteiger partial charge in [-0.25, -0.2) is 9.37 Å². The molecule has 0 aliphatic heterocycles. The predicted octanol–water partition coefficient (Wildman–Crippen LogP) is 3.42. The van der Waals surface area contributed by atoms with E-state index in [2.05, 4.69) is 20.2 Å². The number of hydrogen-bond acceptors (Lipinski definition) is 6. The Morgan fingerprint density at radius 3 is 2.72 bits per heavy atom. The number of halogens is 1. The smallest absolute Gasteiger partial charge is 0.270 e. The molecule has 25 heavy (non-hydrogen) atoms. The molecule has 6 nitrogen and oxygen atoms in total. The molecule has 0 saturated carbocycles.